The number of rotatable bonds is 2. The van der Waals surface area contributed by atoms with Crippen molar-refractivity contribution in [2.24, 2.45) is 0 Å². The van der Waals surface area contributed by atoms with Gasteiger partial charge in [-0.3, -0.25) is 0 Å². The minimum absolute atomic E-state index is 1.14. The van der Waals surface area contributed by atoms with Gasteiger partial charge in [-0.05, 0) is 34.9 Å². The van der Waals surface area contributed by atoms with E-state index in [2.05, 4.69) is 49.7 Å². The van der Waals surface area contributed by atoms with Crippen molar-refractivity contribution >= 4 is 23.9 Å². The lowest BCUT2D eigenvalue weighted by Gasteiger charge is -2.22. The van der Waals surface area contributed by atoms with Crippen LogP contribution in [-0.4, -0.2) is 8.07 Å². The summed E-state index contributed by atoms with van der Waals surface area (Å²) in [5, 5.41) is 3.82. The minimum Gasteiger partial charge on any atom is -0.153 e. The van der Waals surface area contributed by atoms with E-state index < -0.39 is 8.07 Å². The molecule has 2 rings (SSSR count). The fourth-order valence-corrected chi connectivity index (χ4v) is 6.96. The molecule has 0 saturated heterocycles. The Morgan fingerprint density at radius 1 is 1.36 bits per heavy atom. The molecule has 1 aliphatic rings. The molecule has 1 aliphatic carbocycles. The maximum Gasteiger partial charge on any atom is 0.124 e. The molecule has 74 valence electrons. The van der Waals surface area contributed by atoms with Gasteiger partial charge in [0, 0.05) is 0 Å². The Labute approximate surface area is 91.0 Å². The molecule has 0 aromatic carbocycles. The molecule has 14 heavy (non-hydrogen) atoms. The normalized spacial score (nSPS) is 16.1. The van der Waals surface area contributed by atoms with E-state index in [9.17, 15) is 0 Å². The van der Waals surface area contributed by atoms with Crippen LogP contribution in [0, 0.1) is 6.92 Å². The Bertz CT molecular complexity index is 396. The van der Waals surface area contributed by atoms with Crippen LogP contribution in [0.2, 0.25) is 13.1 Å². The summed E-state index contributed by atoms with van der Waals surface area (Å²) < 4.78 is 1.63. The van der Waals surface area contributed by atoms with Gasteiger partial charge in [-0.1, -0.05) is 36.5 Å². The van der Waals surface area contributed by atoms with Crippen molar-refractivity contribution in [3.63, 3.8) is 0 Å². The lowest BCUT2D eigenvalue weighted by Crippen LogP contribution is -2.42. The van der Waals surface area contributed by atoms with E-state index in [1.54, 1.807) is 9.70 Å². The Hall–Kier alpha value is -0.603. The molecule has 0 radical (unpaired) electrons. The fraction of sp³-hybridized carbons (Fsp3) is 0.333. The topological polar surface area (TPSA) is 0 Å². The maximum atomic E-state index is 2.45. The standard InChI is InChI=1S/C12H16SSi/c1-10-8-9-13-12(10)14(2,3)11-6-4-5-7-11/h4,6-9H,5H2,1-3H3. The largest absolute Gasteiger partial charge is 0.153 e. The molecule has 0 saturated carbocycles. The highest BCUT2D eigenvalue weighted by Crippen LogP contribution is 2.24. The zero-order valence-electron chi connectivity index (χ0n) is 9.00. The van der Waals surface area contributed by atoms with E-state index >= 15 is 0 Å². The number of hydrogen-bond donors (Lipinski definition) is 0. The molecule has 1 aromatic heterocycles. The average Bonchev–Trinajstić information content (AvgIpc) is 2.72. The smallest absolute Gasteiger partial charge is 0.124 e. The molecule has 0 spiro atoms. The molecular formula is C12H16SSi. The van der Waals surface area contributed by atoms with Crippen LogP contribution in [0.3, 0.4) is 0 Å². The van der Waals surface area contributed by atoms with E-state index in [0.29, 0.717) is 0 Å². The van der Waals surface area contributed by atoms with E-state index in [4.69, 9.17) is 0 Å². The molecule has 0 bridgehead atoms. The summed E-state index contributed by atoms with van der Waals surface area (Å²) in [5.41, 5.74) is 1.48. The lowest BCUT2D eigenvalue weighted by molar-refractivity contribution is 1.44. The van der Waals surface area contributed by atoms with Crippen LogP contribution >= 0.6 is 11.3 Å². The van der Waals surface area contributed by atoms with E-state index in [-0.39, 0.29) is 0 Å². The molecule has 0 unspecified atom stereocenters. The third-order valence-corrected chi connectivity index (χ3v) is 8.98. The van der Waals surface area contributed by atoms with Crippen LogP contribution in [0.1, 0.15) is 12.0 Å². The number of aryl methyl sites for hydroxylation is 1. The minimum atomic E-state index is -1.35. The van der Waals surface area contributed by atoms with Gasteiger partial charge in [0.2, 0.25) is 0 Å². The van der Waals surface area contributed by atoms with Gasteiger partial charge in [-0.15, -0.1) is 0 Å². The second kappa shape index (κ2) is 3.52. The summed E-state index contributed by atoms with van der Waals surface area (Å²) in [6.45, 7) is 7.14. The van der Waals surface area contributed by atoms with Gasteiger partial charge in [0.1, 0.15) is 8.07 Å². The molecule has 0 atom stereocenters. The summed E-state index contributed by atoms with van der Waals surface area (Å²) >= 11 is 1.93. The predicted molar refractivity (Wildman–Crippen MR) is 68.0 cm³/mol. The molecule has 0 aliphatic heterocycles. The zero-order chi connectivity index (χ0) is 10.2. The molecular weight excluding hydrogens is 204 g/mol. The summed E-state index contributed by atoms with van der Waals surface area (Å²) in [6, 6.07) is 2.24. The summed E-state index contributed by atoms with van der Waals surface area (Å²) in [4.78, 5) is 0. The van der Waals surface area contributed by atoms with Gasteiger partial charge in [0.25, 0.3) is 0 Å². The lowest BCUT2D eigenvalue weighted by atomic mass is 10.4. The van der Waals surface area contributed by atoms with Crippen LogP contribution in [0.4, 0.5) is 0 Å². The van der Waals surface area contributed by atoms with Gasteiger partial charge in [0.05, 0.1) is 0 Å². The monoisotopic (exact) mass is 220 g/mol. The maximum absolute atomic E-state index is 2.45. The van der Waals surface area contributed by atoms with Crippen molar-refractivity contribution in [3.05, 3.63) is 40.4 Å². The molecule has 2 heteroatoms. The first kappa shape index (κ1) is 9.93. The van der Waals surface area contributed by atoms with Crippen LogP contribution in [0.25, 0.3) is 0 Å². The Balaban J connectivity index is 2.42. The zero-order valence-corrected chi connectivity index (χ0v) is 10.8. The summed E-state index contributed by atoms with van der Waals surface area (Å²) in [7, 11) is -1.35. The highest BCUT2D eigenvalue weighted by molar-refractivity contribution is 7.27. The van der Waals surface area contributed by atoms with Crippen molar-refractivity contribution in [2.45, 2.75) is 26.4 Å². The van der Waals surface area contributed by atoms with E-state index in [0.717, 1.165) is 6.42 Å². The molecule has 0 N–H and O–H groups in total. The highest BCUT2D eigenvalue weighted by atomic mass is 32.1. The Morgan fingerprint density at radius 2 is 2.14 bits per heavy atom. The van der Waals surface area contributed by atoms with Crippen molar-refractivity contribution in [2.75, 3.05) is 0 Å². The fourth-order valence-electron chi connectivity index (χ4n) is 2.07. The van der Waals surface area contributed by atoms with Gasteiger partial charge < -0.3 is 0 Å². The molecule has 0 amide bonds. The van der Waals surface area contributed by atoms with Gasteiger partial charge in [-0.2, -0.15) is 11.3 Å². The summed E-state index contributed by atoms with van der Waals surface area (Å²) in [5.74, 6) is 0. The molecule has 1 heterocycles. The van der Waals surface area contributed by atoms with Crippen molar-refractivity contribution in [3.8, 4) is 0 Å². The third kappa shape index (κ3) is 1.53. The number of hydrogen-bond acceptors (Lipinski definition) is 1. The Kier molecular flexibility index (Phi) is 2.50. The Morgan fingerprint density at radius 3 is 2.64 bits per heavy atom. The van der Waals surface area contributed by atoms with Crippen LogP contribution in [-0.2, 0) is 0 Å². The average molecular weight is 220 g/mol. The van der Waals surface area contributed by atoms with E-state index in [1.807, 2.05) is 11.3 Å². The van der Waals surface area contributed by atoms with E-state index in [1.165, 1.54) is 5.56 Å². The van der Waals surface area contributed by atoms with Crippen molar-refractivity contribution in [1.29, 1.82) is 0 Å². The van der Waals surface area contributed by atoms with Crippen molar-refractivity contribution in [1.82, 2.24) is 0 Å². The molecule has 0 nitrogen and oxygen atoms in total. The molecule has 0 fully saturated rings. The third-order valence-electron chi connectivity index (χ3n) is 2.92. The highest BCUT2D eigenvalue weighted by Gasteiger charge is 2.30. The number of thiophene rings is 1. The van der Waals surface area contributed by atoms with Crippen LogP contribution in [0.5, 0.6) is 0 Å². The van der Waals surface area contributed by atoms with Crippen LogP contribution < -0.4 is 4.50 Å². The quantitative estimate of drug-likeness (QED) is 0.670. The second-order valence-corrected chi connectivity index (χ2v) is 9.96. The first-order valence-electron chi connectivity index (χ1n) is 5.04. The van der Waals surface area contributed by atoms with Crippen molar-refractivity contribution < 1.29 is 0 Å². The first-order valence-corrected chi connectivity index (χ1v) is 8.92. The number of allylic oxidation sites excluding steroid dienone is 4. The van der Waals surface area contributed by atoms with Gasteiger partial charge >= 0.3 is 0 Å². The second-order valence-electron chi connectivity index (χ2n) is 4.36. The molecule has 1 aromatic rings. The first-order chi connectivity index (χ1) is 6.62. The van der Waals surface area contributed by atoms with Gasteiger partial charge in [-0.25, -0.2) is 0 Å². The van der Waals surface area contributed by atoms with Crippen LogP contribution in [0.15, 0.2) is 34.9 Å². The SMILES string of the molecule is Cc1ccsc1[Si](C)(C)C1=CCC=C1. The summed E-state index contributed by atoms with van der Waals surface area (Å²) in [6.07, 6.45) is 8.12. The predicted octanol–water partition coefficient (Wildman–Crippen LogP) is 3.40. The van der Waals surface area contributed by atoms with Gasteiger partial charge in [0.15, 0.2) is 0 Å².